The second-order valence-electron chi connectivity index (χ2n) is 6.94. The second-order valence-corrected chi connectivity index (χ2v) is 8.50. The molecule has 6 nitrogen and oxygen atoms in total. The molecule has 0 aliphatic rings. The normalized spacial score (nSPS) is 12.5. The van der Waals surface area contributed by atoms with Gasteiger partial charge in [0, 0.05) is 11.1 Å². The monoisotopic (exact) mass is 361 g/mol. The molecule has 134 valence electrons. The van der Waals surface area contributed by atoms with Crippen LogP contribution < -0.4 is 10.6 Å². The first-order valence-electron chi connectivity index (χ1n) is 7.74. The number of aryl methyl sites for hydroxylation is 1. The zero-order chi connectivity index (χ0) is 18.8. The van der Waals surface area contributed by atoms with Crippen LogP contribution in [-0.4, -0.2) is 19.7 Å². The summed E-state index contributed by atoms with van der Waals surface area (Å²) in [4.78, 5) is 0.0353. The van der Waals surface area contributed by atoms with Gasteiger partial charge in [-0.25, -0.2) is 13.6 Å². The highest BCUT2D eigenvalue weighted by molar-refractivity contribution is 7.89. The number of phenols is 1. The molecular weight excluding hydrogens is 338 g/mol. The van der Waals surface area contributed by atoms with Crippen molar-refractivity contribution in [2.45, 2.75) is 38.0 Å². The summed E-state index contributed by atoms with van der Waals surface area (Å²) < 4.78 is 22.5. The number of hydrogen-bond acceptors (Lipinski definition) is 5. The number of phenolic OH excluding ortho intramolecular Hbond substituents is 1. The number of nitrogens with one attached hydrogen (secondary N) is 1. The summed E-state index contributed by atoms with van der Waals surface area (Å²) in [5.74, 6) is 0.202. The molecule has 0 aliphatic heterocycles. The molecule has 0 amide bonds. The Labute approximate surface area is 148 Å². The lowest BCUT2D eigenvalue weighted by Gasteiger charge is -2.22. The highest BCUT2D eigenvalue weighted by atomic mass is 32.2. The molecule has 0 unspecified atom stereocenters. The first-order chi connectivity index (χ1) is 11.5. The average molecular weight is 361 g/mol. The molecule has 0 saturated heterocycles. The lowest BCUT2D eigenvalue weighted by atomic mass is 9.84. The van der Waals surface area contributed by atoms with Crippen molar-refractivity contribution in [2.75, 3.05) is 5.43 Å². The van der Waals surface area contributed by atoms with Gasteiger partial charge in [-0.3, -0.25) is 5.43 Å². The molecule has 0 atom stereocenters. The van der Waals surface area contributed by atoms with Gasteiger partial charge in [0.05, 0.1) is 16.8 Å². The maximum atomic E-state index is 11.2. The number of primary sulfonamides is 1. The van der Waals surface area contributed by atoms with E-state index in [0.717, 1.165) is 11.1 Å². The van der Waals surface area contributed by atoms with E-state index in [1.807, 2.05) is 39.8 Å². The van der Waals surface area contributed by atoms with Crippen LogP contribution in [0.3, 0.4) is 0 Å². The Bertz CT molecular complexity index is 896. The van der Waals surface area contributed by atoms with Crippen LogP contribution in [-0.2, 0) is 15.4 Å². The third-order valence-corrected chi connectivity index (χ3v) is 4.60. The van der Waals surface area contributed by atoms with Gasteiger partial charge in [-0.15, -0.1) is 0 Å². The number of rotatable bonds is 4. The first kappa shape index (κ1) is 19.0. The van der Waals surface area contributed by atoms with Crippen molar-refractivity contribution in [2.24, 2.45) is 10.2 Å². The number of aromatic hydroxyl groups is 1. The van der Waals surface area contributed by atoms with Crippen molar-refractivity contribution in [3.05, 3.63) is 53.1 Å². The molecule has 0 radical (unpaired) electrons. The van der Waals surface area contributed by atoms with Gasteiger partial charge in [-0.2, -0.15) is 5.10 Å². The minimum atomic E-state index is -3.71. The van der Waals surface area contributed by atoms with Gasteiger partial charge in [0.2, 0.25) is 10.0 Å². The van der Waals surface area contributed by atoms with Crippen LogP contribution in [0.15, 0.2) is 46.4 Å². The number of sulfonamides is 1. The molecule has 0 aliphatic carbocycles. The molecule has 4 N–H and O–H groups in total. The number of hydrogen-bond donors (Lipinski definition) is 3. The maximum Gasteiger partial charge on any atom is 0.238 e. The first-order valence-corrected chi connectivity index (χ1v) is 9.29. The van der Waals surface area contributed by atoms with Gasteiger partial charge < -0.3 is 5.11 Å². The van der Waals surface area contributed by atoms with E-state index in [2.05, 4.69) is 10.5 Å². The summed E-state index contributed by atoms with van der Waals surface area (Å²) in [5.41, 5.74) is 5.71. The van der Waals surface area contributed by atoms with Gasteiger partial charge in [0.15, 0.2) is 0 Å². The van der Waals surface area contributed by atoms with Gasteiger partial charge in [0.25, 0.3) is 0 Å². The minimum absolute atomic E-state index is 0.0353. The number of benzene rings is 2. The summed E-state index contributed by atoms with van der Waals surface area (Å²) in [6.45, 7) is 8.07. The van der Waals surface area contributed by atoms with Gasteiger partial charge in [-0.05, 0) is 48.2 Å². The number of anilines is 1. The van der Waals surface area contributed by atoms with Crippen LogP contribution in [0.1, 0.15) is 37.5 Å². The Balaban J connectivity index is 2.22. The summed E-state index contributed by atoms with van der Waals surface area (Å²) in [7, 11) is -3.71. The molecule has 0 spiro atoms. The van der Waals surface area contributed by atoms with E-state index in [-0.39, 0.29) is 16.1 Å². The fourth-order valence-corrected chi connectivity index (χ4v) is 2.89. The van der Waals surface area contributed by atoms with E-state index in [4.69, 9.17) is 5.14 Å². The molecular formula is C18H23N3O3S. The SMILES string of the molecule is Cc1cc(C=NNc2ccc(S(N)(=O)=O)cc2)c(O)c(C(C)(C)C)c1. The van der Waals surface area contributed by atoms with Crippen molar-refractivity contribution < 1.29 is 13.5 Å². The molecule has 25 heavy (non-hydrogen) atoms. The molecule has 0 saturated carbocycles. The van der Waals surface area contributed by atoms with Crippen LogP contribution in [0.4, 0.5) is 5.69 Å². The fraction of sp³-hybridized carbons (Fsp3) is 0.278. The van der Waals surface area contributed by atoms with E-state index in [1.54, 1.807) is 12.1 Å². The molecule has 0 bridgehead atoms. The van der Waals surface area contributed by atoms with E-state index in [0.29, 0.717) is 11.3 Å². The van der Waals surface area contributed by atoms with Crippen LogP contribution in [0, 0.1) is 6.92 Å². The Morgan fingerprint density at radius 3 is 2.28 bits per heavy atom. The summed E-state index contributed by atoms with van der Waals surface area (Å²) in [5, 5.41) is 19.6. The van der Waals surface area contributed by atoms with Crippen molar-refractivity contribution >= 4 is 21.9 Å². The van der Waals surface area contributed by atoms with Crippen LogP contribution in [0.5, 0.6) is 5.75 Å². The number of nitrogens with zero attached hydrogens (tertiary/aromatic N) is 1. The van der Waals surface area contributed by atoms with Crippen molar-refractivity contribution in [1.29, 1.82) is 0 Å². The Hall–Kier alpha value is -2.38. The lowest BCUT2D eigenvalue weighted by molar-refractivity contribution is 0.445. The molecule has 0 aromatic heterocycles. The molecule has 0 heterocycles. The minimum Gasteiger partial charge on any atom is -0.507 e. The van der Waals surface area contributed by atoms with Gasteiger partial charge in [-0.1, -0.05) is 26.8 Å². The van der Waals surface area contributed by atoms with Crippen molar-refractivity contribution in [3.63, 3.8) is 0 Å². The van der Waals surface area contributed by atoms with Crippen molar-refractivity contribution in [3.8, 4) is 5.75 Å². The molecule has 2 aromatic carbocycles. The fourth-order valence-electron chi connectivity index (χ4n) is 2.37. The Morgan fingerprint density at radius 2 is 1.76 bits per heavy atom. The highest BCUT2D eigenvalue weighted by Gasteiger charge is 2.20. The summed E-state index contributed by atoms with van der Waals surface area (Å²) in [6.07, 6.45) is 1.53. The molecule has 2 rings (SSSR count). The largest absolute Gasteiger partial charge is 0.507 e. The number of nitrogens with two attached hydrogens (primary N) is 1. The van der Waals surface area contributed by atoms with Crippen LogP contribution >= 0.6 is 0 Å². The quantitative estimate of drug-likeness (QED) is 0.575. The Kier molecular flexibility index (Phi) is 5.20. The highest BCUT2D eigenvalue weighted by Crippen LogP contribution is 2.33. The van der Waals surface area contributed by atoms with Crippen molar-refractivity contribution in [1.82, 2.24) is 0 Å². The summed E-state index contributed by atoms with van der Waals surface area (Å²) >= 11 is 0. The van der Waals surface area contributed by atoms with E-state index >= 15 is 0 Å². The zero-order valence-corrected chi connectivity index (χ0v) is 15.6. The third kappa shape index (κ3) is 4.80. The zero-order valence-electron chi connectivity index (χ0n) is 14.7. The predicted molar refractivity (Wildman–Crippen MR) is 101 cm³/mol. The Morgan fingerprint density at radius 1 is 1.16 bits per heavy atom. The van der Waals surface area contributed by atoms with E-state index < -0.39 is 10.0 Å². The van der Waals surface area contributed by atoms with Crippen LogP contribution in [0.2, 0.25) is 0 Å². The van der Waals surface area contributed by atoms with Gasteiger partial charge >= 0.3 is 0 Å². The molecule has 0 fully saturated rings. The van der Waals surface area contributed by atoms with E-state index in [1.165, 1.54) is 18.3 Å². The third-order valence-electron chi connectivity index (χ3n) is 3.67. The molecule has 7 heteroatoms. The lowest BCUT2D eigenvalue weighted by Crippen LogP contribution is -2.12. The standard InChI is InChI=1S/C18H23N3O3S/c1-12-9-13(17(22)16(10-12)18(2,3)4)11-20-21-14-5-7-15(8-6-14)25(19,23)24/h5-11,21-22H,1-4H3,(H2,19,23,24). The van der Waals surface area contributed by atoms with Gasteiger partial charge in [0.1, 0.15) is 5.75 Å². The van der Waals surface area contributed by atoms with Crippen LogP contribution in [0.25, 0.3) is 0 Å². The number of hydrazone groups is 1. The topological polar surface area (TPSA) is 105 Å². The predicted octanol–water partition coefficient (Wildman–Crippen LogP) is 3.09. The smallest absolute Gasteiger partial charge is 0.238 e. The summed E-state index contributed by atoms with van der Waals surface area (Å²) in [6, 6.07) is 9.73. The second kappa shape index (κ2) is 6.85. The van der Waals surface area contributed by atoms with E-state index in [9.17, 15) is 13.5 Å². The maximum absolute atomic E-state index is 11.2. The average Bonchev–Trinajstić information content (AvgIpc) is 2.49. The molecule has 2 aromatic rings.